The molecule has 3 rings (SSSR count). The van der Waals surface area contributed by atoms with E-state index < -0.39 is 0 Å². The lowest BCUT2D eigenvalue weighted by Crippen LogP contribution is -2.48. The van der Waals surface area contributed by atoms with Gasteiger partial charge in [-0.1, -0.05) is 0 Å². The van der Waals surface area contributed by atoms with Gasteiger partial charge < -0.3 is 14.5 Å². The van der Waals surface area contributed by atoms with Crippen LogP contribution in [-0.2, 0) is 0 Å². The molecule has 146 valence electrons. The van der Waals surface area contributed by atoms with Crippen LogP contribution in [0.1, 0.15) is 41.6 Å². The minimum Gasteiger partial charge on any atom is -0.494 e. The summed E-state index contributed by atoms with van der Waals surface area (Å²) in [7, 11) is 4.14. The molecule has 0 aliphatic carbocycles. The van der Waals surface area contributed by atoms with Crippen LogP contribution < -0.4 is 4.74 Å². The van der Waals surface area contributed by atoms with Gasteiger partial charge in [0.2, 0.25) is 0 Å². The number of aromatic nitrogens is 1. The number of hydrogen-bond acceptors (Lipinski definition) is 5. The Kier molecular flexibility index (Phi) is 6.50. The van der Waals surface area contributed by atoms with Crippen LogP contribution in [0.2, 0.25) is 0 Å². The average Bonchev–Trinajstić information content (AvgIpc) is 3.04. The molecule has 1 saturated heterocycles. The molecule has 1 amide bonds. The molecule has 0 radical (unpaired) electrons. The van der Waals surface area contributed by atoms with Gasteiger partial charge in [-0.2, -0.15) is 0 Å². The van der Waals surface area contributed by atoms with Gasteiger partial charge in [-0.15, -0.1) is 11.3 Å². The highest BCUT2D eigenvalue weighted by atomic mass is 32.1. The molecule has 6 heteroatoms. The molecule has 2 heterocycles. The maximum atomic E-state index is 13.3. The molecule has 1 aliphatic rings. The molecule has 1 aliphatic heterocycles. The number of thiazole rings is 1. The molecular formula is C21H29N3O2S. The third-order valence-electron chi connectivity index (χ3n) is 4.87. The van der Waals surface area contributed by atoms with E-state index in [1.165, 1.54) is 17.8 Å². The first kappa shape index (κ1) is 19.8. The second kappa shape index (κ2) is 8.85. The number of likely N-dealkylation sites (N-methyl/N-ethyl adjacent to an activating group) is 1. The first-order valence-electron chi connectivity index (χ1n) is 9.66. The summed E-state index contributed by atoms with van der Waals surface area (Å²) < 4.78 is 5.50. The van der Waals surface area contributed by atoms with Crippen molar-refractivity contribution in [3.63, 3.8) is 0 Å². The van der Waals surface area contributed by atoms with Crippen LogP contribution in [0.15, 0.2) is 24.3 Å². The number of piperidine rings is 1. The molecule has 1 atom stereocenters. The van der Waals surface area contributed by atoms with Crippen molar-refractivity contribution in [2.75, 3.05) is 33.8 Å². The number of aryl methyl sites for hydroxylation is 1. The maximum Gasteiger partial charge on any atom is 0.266 e. The fourth-order valence-electron chi connectivity index (χ4n) is 3.59. The van der Waals surface area contributed by atoms with Crippen LogP contribution in [0.25, 0.3) is 10.6 Å². The first-order valence-corrected chi connectivity index (χ1v) is 10.5. The van der Waals surface area contributed by atoms with Crippen molar-refractivity contribution < 1.29 is 9.53 Å². The number of nitrogens with zero attached hydrogens (tertiary/aromatic N) is 3. The number of amides is 1. The summed E-state index contributed by atoms with van der Waals surface area (Å²) in [6.45, 7) is 6.31. The Labute approximate surface area is 166 Å². The van der Waals surface area contributed by atoms with Crippen LogP contribution in [0.4, 0.5) is 0 Å². The zero-order valence-corrected chi connectivity index (χ0v) is 17.5. The summed E-state index contributed by atoms with van der Waals surface area (Å²) in [6.07, 6.45) is 3.36. The monoisotopic (exact) mass is 387 g/mol. The second-order valence-corrected chi connectivity index (χ2v) is 8.30. The van der Waals surface area contributed by atoms with Crippen molar-refractivity contribution in [2.45, 2.75) is 39.2 Å². The Hall–Kier alpha value is -1.92. The highest BCUT2D eigenvalue weighted by molar-refractivity contribution is 7.17. The zero-order chi connectivity index (χ0) is 19.4. The number of hydrogen-bond donors (Lipinski definition) is 0. The topological polar surface area (TPSA) is 45.7 Å². The summed E-state index contributed by atoms with van der Waals surface area (Å²) in [4.78, 5) is 22.9. The van der Waals surface area contributed by atoms with E-state index in [1.54, 1.807) is 0 Å². The van der Waals surface area contributed by atoms with E-state index in [9.17, 15) is 4.79 Å². The van der Waals surface area contributed by atoms with Gasteiger partial charge in [0.05, 0.1) is 12.3 Å². The van der Waals surface area contributed by atoms with E-state index in [-0.39, 0.29) is 11.9 Å². The lowest BCUT2D eigenvalue weighted by Gasteiger charge is -2.37. The number of likely N-dealkylation sites (tertiary alicyclic amines) is 1. The zero-order valence-electron chi connectivity index (χ0n) is 16.7. The molecule has 5 nitrogen and oxygen atoms in total. The van der Waals surface area contributed by atoms with Crippen LogP contribution >= 0.6 is 11.3 Å². The third kappa shape index (κ3) is 4.68. The van der Waals surface area contributed by atoms with Gasteiger partial charge in [-0.05, 0) is 71.5 Å². The number of benzene rings is 1. The SMILES string of the molecule is CCOc1ccc(-c2nc(C)c(C(=O)N3CCCCC3CN(C)C)s2)cc1. The number of carbonyl (C=O) groups excluding carboxylic acids is 1. The minimum atomic E-state index is 0.133. The van der Waals surface area contributed by atoms with E-state index in [4.69, 9.17) is 4.74 Å². The van der Waals surface area contributed by atoms with Crippen molar-refractivity contribution in [3.8, 4) is 16.3 Å². The predicted octanol–water partition coefficient (Wildman–Crippen LogP) is 4.07. The second-order valence-electron chi connectivity index (χ2n) is 7.30. The minimum absolute atomic E-state index is 0.133. The molecule has 1 aromatic heterocycles. The lowest BCUT2D eigenvalue weighted by molar-refractivity contribution is 0.0579. The van der Waals surface area contributed by atoms with Crippen LogP contribution in [0, 0.1) is 6.92 Å². The number of carbonyl (C=O) groups is 1. The average molecular weight is 388 g/mol. The molecule has 0 bridgehead atoms. The standard InChI is InChI=1S/C21H29N3O2S/c1-5-26-18-11-9-16(10-12-18)20-22-15(2)19(27-20)21(25)24-13-7-6-8-17(24)14-23(3)4/h9-12,17H,5-8,13-14H2,1-4H3. The number of rotatable bonds is 6. The van der Waals surface area contributed by atoms with Crippen molar-refractivity contribution in [1.82, 2.24) is 14.8 Å². The van der Waals surface area contributed by atoms with Crippen molar-refractivity contribution in [2.24, 2.45) is 0 Å². The van der Waals surface area contributed by atoms with Crippen molar-refractivity contribution in [3.05, 3.63) is 34.8 Å². The summed E-state index contributed by atoms with van der Waals surface area (Å²) in [6, 6.07) is 8.21. The Balaban J connectivity index is 1.81. The summed E-state index contributed by atoms with van der Waals surface area (Å²) >= 11 is 1.50. The lowest BCUT2D eigenvalue weighted by atomic mass is 10.0. The molecule has 0 spiro atoms. The molecular weight excluding hydrogens is 358 g/mol. The summed E-state index contributed by atoms with van der Waals surface area (Å²) in [5.74, 6) is 0.986. The van der Waals surface area contributed by atoms with E-state index in [2.05, 4.69) is 28.9 Å². The van der Waals surface area contributed by atoms with E-state index in [0.29, 0.717) is 6.61 Å². The van der Waals surface area contributed by atoms with Gasteiger partial charge >= 0.3 is 0 Å². The maximum absolute atomic E-state index is 13.3. The van der Waals surface area contributed by atoms with Crippen molar-refractivity contribution >= 4 is 17.2 Å². The van der Waals surface area contributed by atoms with Gasteiger partial charge in [0.25, 0.3) is 5.91 Å². The quantitative estimate of drug-likeness (QED) is 0.749. The van der Waals surface area contributed by atoms with Crippen LogP contribution in [0.5, 0.6) is 5.75 Å². The summed E-state index contributed by atoms with van der Waals surface area (Å²) in [5, 5.41) is 0.889. The van der Waals surface area contributed by atoms with E-state index >= 15 is 0 Å². The van der Waals surface area contributed by atoms with Crippen LogP contribution in [0.3, 0.4) is 0 Å². The molecule has 1 aromatic carbocycles. The molecule has 0 N–H and O–H groups in total. The van der Waals surface area contributed by atoms with Gasteiger partial charge in [0.1, 0.15) is 15.6 Å². The molecule has 1 fully saturated rings. The van der Waals surface area contributed by atoms with E-state index in [0.717, 1.165) is 52.8 Å². The van der Waals surface area contributed by atoms with Crippen LogP contribution in [-0.4, -0.2) is 60.5 Å². The summed E-state index contributed by atoms with van der Waals surface area (Å²) in [5.41, 5.74) is 1.84. The van der Waals surface area contributed by atoms with Gasteiger partial charge in [0, 0.05) is 24.7 Å². The first-order chi connectivity index (χ1) is 13.0. The van der Waals surface area contributed by atoms with E-state index in [1.807, 2.05) is 38.1 Å². The Morgan fingerprint density at radius 1 is 1.30 bits per heavy atom. The Morgan fingerprint density at radius 3 is 2.70 bits per heavy atom. The highest BCUT2D eigenvalue weighted by Gasteiger charge is 2.30. The molecule has 1 unspecified atom stereocenters. The largest absolute Gasteiger partial charge is 0.494 e. The van der Waals surface area contributed by atoms with Crippen molar-refractivity contribution in [1.29, 1.82) is 0 Å². The Bertz CT molecular complexity index is 770. The van der Waals surface area contributed by atoms with Gasteiger partial charge in [-0.3, -0.25) is 4.79 Å². The predicted molar refractivity (Wildman–Crippen MR) is 111 cm³/mol. The van der Waals surface area contributed by atoms with Gasteiger partial charge in [-0.25, -0.2) is 4.98 Å². The molecule has 2 aromatic rings. The fourth-order valence-corrected chi connectivity index (χ4v) is 4.62. The molecule has 27 heavy (non-hydrogen) atoms. The molecule has 0 saturated carbocycles. The fraction of sp³-hybridized carbons (Fsp3) is 0.524. The third-order valence-corrected chi connectivity index (χ3v) is 6.06. The normalized spacial score (nSPS) is 17.4. The number of ether oxygens (including phenoxy) is 1. The Morgan fingerprint density at radius 2 is 2.04 bits per heavy atom. The highest BCUT2D eigenvalue weighted by Crippen LogP contribution is 2.31. The van der Waals surface area contributed by atoms with Gasteiger partial charge in [0.15, 0.2) is 0 Å². The smallest absolute Gasteiger partial charge is 0.266 e.